The number of ether oxygens (including phenoxy) is 3. The largest absolute Gasteiger partial charge is 0.465 e. The summed E-state index contributed by atoms with van der Waals surface area (Å²) in [5.74, 6) is 0.242. The van der Waals surface area contributed by atoms with Crippen LogP contribution in [0.25, 0.3) is 0 Å². The first kappa shape index (κ1) is 41.2. The van der Waals surface area contributed by atoms with Crippen LogP contribution in [-0.4, -0.2) is 112 Å². The van der Waals surface area contributed by atoms with Crippen LogP contribution in [0.1, 0.15) is 134 Å². The fourth-order valence-electron chi connectivity index (χ4n) is 9.06. The SMILES string of the molecule is CN1C(C)(C)CC(COC(=O)CCC(CCC(=O)OCC2CC(C)(C)N(C)C2(C)C)CC(O)OCC2CC(C)(C)N(C)C2(C)C)C1(C)C. The van der Waals surface area contributed by atoms with Crippen LogP contribution in [0.3, 0.4) is 0 Å². The molecule has 280 valence electrons. The summed E-state index contributed by atoms with van der Waals surface area (Å²) in [7, 11) is 6.45. The molecule has 0 amide bonds. The topological polar surface area (TPSA) is 91.8 Å². The lowest BCUT2D eigenvalue weighted by molar-refractivity contribution is -0.148. The molecule has 0 aromatic carbocycles. The van der Waals surface area contributed by atoms with E-state index in [-0.39, 0.29) is 81.7 Å². The Morgan fingerprint density at radius 1 is 0.604 bits per heavy atom. The van der Waals surface area contributed by atoms with Crippen LogP contribution in [-0.2, 0) is 23.8 Å². The van der Waals surface area contributed by atoms with Gasteiger partial charge in [-0.15, -0.1) is 0 Å². The summed E-state index contributed by atoms with van der Waals surface area (Å²) in [6.45, 7) is 28.0. The number of hydrogen-bond acceptors (Lipinski definition) is 9. The van der Waals surface area contributed by atoms with Crippen LogP contribution in [0.5, 0.6) is 0 Å². The minimum atomic E-state index is -0.971. The third-order valence-electron chi connectivity index (χ3n) is 14.0. The van der Waals surface area contributed by atoms with Gasteiger partial charge >= 0.3 is 11.9 Å². The minimum absolute atomic E-state index is 0.0497. The van der Waals surface area contributed by atoms with Crippen molar-refractivity contribution < 1.29 is 28.9 Å². The standard InChI is InChI=1S/C39H73N3O6/c1-34(2)21-28(37(7,8)40(34)13)24-46-31(43)18-16-27(20-33(45)48-26-30-23-36(5,6)42(15)39(30,11)12)17-19-32(44)47-25-29-22-35(3,4)41(14)38(29,9)10/h27-30,33,45H,16-26H2,1-15H3. The molecule has 3 aliphatic heterocycles. The number of rotatable bonds is 15. The fraction of sp³-hybridized carbons (Fsp3) is 0.949. The van der Waals surface area contributed by atoms with Crippen LogP contribution in [0, 0.1) is 23.7 Å². The molecule has 4 atom stereocenters. The van der Waals surface area contributed by atoms with Crippen molar-refractivity contribution in [1.82, 2.24) is 14.7 Å². The lowest BCUT2D eigenvalue weighted by Crippen LogP contribution is -2.47. The van der Waals surface area contributed by atoms with E-state index in [4.69, 9.17) is 14.2 Å². The molecule has 3 saturated heterocycles. The van der Waals surface area contributed by atoms with Gasteiger partial charge in [0.1, 0.15) is 0 Å². The lowest BCUT2D eigenvalue weighted by Gasteiger charge is -2.38. The number of aliphatic hydroxyl groups excluding tert-OH is 1. The smallest absolute Gasteiger partial charge is 0.305 e. The molecule has 48 heavy (non-hydrogen) atoms. The van der Waals surface area contributed by atoms with Crippen LogP contribution in [0.2, 0.25) is 0 Å². The third-order valence-corrected chi connectivity index (χ3v) is 14.0. The molecule has 4 unspecified atom stereocenters. The molecule has 0 aromatic heterocycles. The molecular weight excluding hydrogens is 606 g/mol. The second-order valence-corrected chi connectivity index (χ2v) is 19.1. The van der Waals surface area contributed by atoms with Crippen molar-refractivity contribution in [2.75, 3.05) is 41.0 Å². The summed E-state index contributed by atoms with van der Waals surface area (Å²) >= 11 is 0. The molecule has 0 aromatic rings. The average Bonchev–Trinajstić information content (AvgIpc) is 3.32. The highest BCUT2D eigenvalue weighted by atomic mass is 16.6. The average molecular weight is 680 g/mol. The maximum Gasteiger partial charge on any atom is 0.305 e. The van der Waals surface area contributed by atoms with E-state index in [9.17, 15) is 14.7 Å². The van der Waals surface area contributed by atoms with Gasteiger partial charge in [-0.1, -0.05) is 0 Å². The van der Waals surface area contributed by atoms with Crippen LogP contribution in [0.4, 0.5) is 0 Å². The van der Waals surface area contributed by atoms with E-state index in [0.29, 0.717) is 39.1 Å². The molecule has 9 heteroatoms. The molecule has 0 radical (unpaired) electrons. The van der Waals surface area contributed by atoms with Gasteiger partial charge in [0.05, 0.1) is 19.8 Å². The van der Waals surface area contributed by atoms with E-state index >= 15 is 0 Å². The monoisotopic (exact) mass is 680 g/mol. The molecule has 3 rings (SSSR count). The fourth-order valence-corrected chi connectivity index (χ4v) is 9.06. The first-order valence-electron chi connectivity index (χ1n) is 18.6. The number of carbonyl (C=O) groups is 2. The molecule has 0 saturated carbocycles. The van der Waals surface area contributed by atoms with E-state index in [2.05, 4.69) is 119 Å². The van der Waals surface area contributed by atoms with E-state index in [0.717, 1.165) is 19.3 Å². The Labute approximate surface area is 293 Å². The summed E-state index contributed by atoms with van der Waals surface area (Å²) in [5, 5.41) is 11.1. The summed E-state index contributed by atoms with van der Waals surface area (Å²) in [4.78, 5) is 33.2. The summed E-state index contributed by atoms with van der Waals surface area (Å²) in [5.41, 5.74) is -0.0187. The highest BCUT2D eigenvalue weighted by Crippen LogP contribution is 2.46. The second-order valence-electron chi connectivity index (χ2n) is 19.1. The first-order chi connectivity index (χ1) is 21.7. The molecule has 3 fully saturated rings. The predicted molar refractivity (Wildman–Crippen MR) is 193 cm³/mol. The third kappa shape index (κ3) is 9.15. The van der Waals surface area contributed by atoms with Gasteiger partial charge in [0.15, 0.2) is 6.29 Å². The number of carbonyl (C=O) groups excluding carboxylic acids is 2. The predicted octanol–water partition coefficient (Wildman–Crippen LogP) is 6.50. The quantitative estimate of drug-likeness (QED) is 0.154. The summed E-state index contributed by atoms with van der Waals surface area (Å²) in [6.07, 6.45) is 3.83. The van der Waals surface area contributed by atoms with Gasteiger partial charge in [-0.2, -0.15) is 0 Å². The van der Waals surface area contributed by atoms with Gasteiger partial charge in [-0.25, -0.2) is 0 Å². The van der Waals surface area contributed by atoms with Gasteiger partial charge in [-0.3, -0.25) is 24.3 Å². The summed E-state index contributed by atoms with van der Waals surface area (Å²) in [6, 6.07) is 0. The normalized spacial score (nSPS) is 30.3. The van der Waals surface area contributed by atoms with Crippen LogP contribution in [0.15, 0.2) is 0 Å². The van der Waals surface area contributed by atoms with Gasteiger partial charge < -0.3 is 19.3 Å². The zero-order valence-electron chi connectivity index (χ0n) is 33.5. The number of aliphatic hydroxyl groups is 1. The highest BCUT2D eigenvalue weighted by Gasteiger charge is 2.51. The van der Waals surface area contributed by atoms with E-state index in [1.54, 1.807) is 0 Å². The van der Waals surface area contributed by atoms with Gasteiger partial charge in [0.2, 0.25) is 0 Å². The zero-order chi connectivity index (χ0) is 36.7. The van der Waals surface area contributed by atoms with Gasteiger partial charge in [0.25, 0.3) is 0 Å². The molecule has 3 aliphatic rings. The first-order valence-corrected chi connectivity index (χ1v) is 18.6. The van der Waals surface area contributed by atoms with Crippen molar-refractivity contribution in [2.24, 2.45) is 23.7 Å². The molecule has 0 bridgehead atoms. The van der Waals surface area contributed by atoms with Crippen molar-refractivity contribution >= 4 is 11.9 Å². The molecule has 0 aliphatic carbocycles. The Kier molecular flexibility index (Phi) is 12.7. The van der Waals surface area contributed by atoms with Crippen molar-refractivity contribution in [1.29, 1.82) is 0 Å². The van der Waals surface area contributed by atoms with Crippen molar-refractivity contribution in [2.45, 2.75) is 174 Å². The van der Waals surface area contributed by atoms with E-state index in [1.807, 2.05) is 0 Å². The number of likely N-dealkylation sites (tertiary alicyclic amines) is 3. The molecule has 0 spiro atoms. The Morgan fingerprint density at radius 2 is 0.917 bits per heavy atom. The number of nitrogens with zero attached hydrogens (tertiary/aromatic N) is 3. The summed E-state index contributed by atoms with van der Waals surface area (Å²) < 4.78 is 17.7. The lowest BCUT2D eigenvalue weighted by atomic mass is 9.87. The van der Waals surface area contributed by atoms with Crippen molar-refractivity contribution in [3.63, 3.8) is 0 Å². The highest BCUT2D eigenvalue weighted by molar-refractivity contribution is 5.70. The Morgan fingerprint density at radius 3 is 1.21 bits per heavy atom. The minimum Gasteiger partial charge on any atom is -0.465 e. The number of esters is 2. The van der Waals surface area contributed by atoms with Gasteiger partial charge in [-0.05, 0) is 142 Å². The number of hydrogen-bond donors (Lipinski definition) is 1. The maximum atomic E-state index is 13.0. The molecular formula is C39H73N3O6. The van der Waals surface area contributed by atoms with Crippen molar-refractivity contribution in [3.05, 3.63) is 0 Å². The van der Waals surface area contributed by atoms with E-state index in [1.165, 1.54) is 0 Å². The Balaban J connectivity index is 1.56. The molecule has 3 heterocycles. The van der Waals surface area contributed by atoms with Crippen LogP contribution >= 0.6 is 0 Å². The van der Waals surface area contributed by atoms with E-state index < -0.39 is 6.29 Å². The molecule has 9 nitrogen and oxygen atoms in total. The Hall–Kier alpha value is -1.26. The van der Waals surface area contributed by atoms with Crippen molar-refractivity contribution in [3.8, 4) is 0 Å². The second kappa shape index (κ2) is 14.8. The molecule has 1 N–H and O–H groups in total. The van der Waals surface area contributed by atoms with Gasteiger partial charge in [0, 0.05) is 70.2 Å². The Bertz CT molecular complexity index is 1060. The maximum absolute atomic E-state index is 13.0. The van der Waals surface area contributed by atoms with Crippen LogP contribution < -0.4 is 0 Å². The zero-order valence-corrected chi connectivity index (χ0v) is 33.5.